The molecule has 0 bridgehead atoms. The summed E-state index contributed by atoms with van der Waals surface area (Å²) in [5.41, 5.74) is 7.35. The van der Waals surface area contributed by atoms with Crippen LogP contribution in [0, 0.1) is 18.3 Å². The Hall–Kier alpha value is -2.93. The molecule has 27 heavy (non-hydrogen) atoms. The molecule has 4 nitrogen and oxygen atoms in total. The number of fused-ring (bicyclic) bond motifs is 4. The molecule has 2 aromatic carbocycles. The van der Waals surface area contributed by atoms with Gasteiger partial charge in [0.2, 0.25) is 0 Å². The number of nitrogens with zero attached hydrogens (tertiary/aromatic N) is 3. The number of aryl methyl sites for hydroxylation is 1. The van der Waals surface area contributed by atoms with Crippen LogP contribution in [0.4, 0.5) is 5.69 Å². The smallest absolute Gasteiger partial charge is 0.254 e. The molecule has 2 atom stereocenters. The molecule has 2 aliphatic heterocycles. The third kappa shape index (κ3) is 2.49. The van der Waals surface area contributed by atoms with Gasteiger partial charge in [0.15, 0.2) is 0 Å². The monoisotopic (exact) mass is 355 g/mol. The van der Waals surface area contributed by atoms with Gasteiger partial charge in [-0.3, -0.25) is 9.79 Å². The number of hydrogen-bond donors (Lipinski definition) is 0. The molecule has 3 aliphatic rings. The molecule has 0 aromatic heterocycles. The molecule has 2 aromatic rings. The van der Waals surface area contributed by atoms with E-state index >= 15 is 0 Å². The maximum Gasteiger partial charge on any atom is 0.254 e. The summed E-state index contributed by atoms with van der Waals surface area (Å²) in [5.74, 6) is 0.463. The minimum Gasteiger partial charge on any atom is -0.335 e. The summed E-state index contributed by atoms with van der Waals surface area (Å²) in [5, 5.41) is 9.23. The molecule has 0 spiro atoms. The third-order valence-corrected chi connectivity index (χ3v) is 6.37. The molecule has 4 heteroatoms. The molecule has 2 heterocycles. The predicted molar refractivity (Wildman–Crippen MR) is 105 cm³/mol. The van der Waals surface area contributed by atoms with Crippen LogP contribution in [0.25, 0.3) is 0 Å². The highest BCUT2D eigenvalue weighted by Gasteiger charge is 2.41. The van der Waals surface area contributed by atoms with E-state index in [2.05, 4.69) is 29.0 Å². The van der Waals surface area contributed by atoms with Gasteiger partial charge in [0.1, 0.15) is 0 Å². The second-order valence-corrected chi connectivity index (χ2v) is 7.85. The van der Waals surface area contributed by atoms with Crippen LogP contribution in [-0.4, -0.2) is 29.6 Å². The first-order valence-corrected chi connectivity index (χ1v) is 9.65. The van der Waals surface area contributed by atoms with Crippen LogP contribution >= 0.6 is 0 Å². The summed E-state index contributed by atoms with van der Waals surface area (Å²) in [6.45, 7) is 2.87. The van der Waals surface area contributed by atoms with E-state index in [-0.39, 0.29) is 11.9 Å². The summed E-state index contributed by atoms with van der Waals surface area (Å²) in [6, 6.07) is 12.4. The van der Waals surface area contributed by atoms with Gasteiger partial charge in [-0.2, -0.15) is 5.26 Å². The second kappa shape index (κ2) is 6.06. The molecule has 0 saturated carbocycles. The highest BCUT2D eigenvalue weighted by molar-refractivity contribution is 5.97. The first kappa shape index (κ1) is 16.3. The average molecular weight is 355 g/mol. The van der Waals surface area contributed by atoms with E-state index in [4.69, 9.17) is 0 Å². The van der Waals surface area contributed by atoms with Crippen molar-refractivity contribution in [3.05, 3.63) is 63.7 Å². The standard InChI is InChI=1S/C23H21N3O/c1-14-9-17(11-21-18(14)6-7-25-21)23(27)26-8-2-3-19-20-10-15(13-24)4-5-16(20)12-22(19)26/h4-5,7,9-11,19,22H,2-3,6,8,12H2,1H3/t19-,22+/m1/s1. The fourth-order valence-corrected chi connectivity index (χ4v) is 5.05. The summed E-state index contributed by atoms with van der Waals surface area (Å²) < 4.78 is 0. The number of piperidine rings is 1. The number of nitriles is 1. The number of rotatable bonds is 1. The lowest BCUT2D eigenvalue weighted by molar-refractivity contribution is 0.0595. The quantitative estimate of drug-likeness (QED) is 0.774. The summed E-state index contributed by atoms with van der Waals surface area (Å²) in [6.07, 6.45) is 5.76. The molecule has 1 fully saturated rings. The zero-order valence-electron chi connectivity index (χ0n) is 15.4. The minimum atomic E-state index is 0.117. The van der Waals surface area contributed by atoms with E-state index in [1.807, 2.05) is 30.5 Å². The molecule has 0 N–H and O–H groups in total. The van der Waals surface area contributed by atoms with Crippen molar-refractivity contribution in [1.29, 1.82) is 5.26 Å². The van der Waals surface area contributed by atoms with Crippen molar-refractivity contribution in [3.8, 4) is 6.07 Å². The summed E-state index contributed by atoms with van der Waals surface area (Å²) in [7, 11) is 0. The van der Waals surface area contributed by atoms with Crippen LogP contribution in [0.1, 0.15) is 56.9 Å². The highest BCUT2D eigenvalue weighted by Crippen LogP contribution is 2.43. The number of carbonyl (C=O) groups excluding carboxylic acids is 1. The number of benzene rings is 2. The molecular formula is C23H21N3O. The van der Waals surface area contributed by atoms with Gasteiger partial charge in [-0.05, 0) is 72.7 Å². The molecule has 1 aliphatic carbocycles. The van der Waals surface area contributed by atoms with Crippen LogP contribution in [-0.2, 0) is 12.8 Å². The summed E-state index contributed by atoms with van der Waals surface area (Å²) in [4.78, 5) is 19.9. The predicted octanol–water partition coefficient (Wildman–Crippen LogP) is 4.07. The van der Waals surface area contributed by atoms with Crippen LogP contribution in [0.15, 0.2) is 35.3 Å². The lowest BCUT2D eigenvalue weighted by Crippen LogP contribution is -2.46. The minimum absolute atomic E-state index is 0.117. The molecule has 0 unspecified atom stereocenters. The van der Waals surface area contributed by atoms with E-state index in [9.17, 15) is 10.1 Å². The highest BCUT2D eigenvalue weighted by atomic mass is 16.2. The van der Waals surface area contributed by atoms with E-state index in [1.165, 1.54) is 16.7 Å². The van der Waals surface area contributed by atoms with Crippen molar-refractivity contribution in [2.45, 2.75) is 44.6 Å². The molecule has 1 amide bonds. The Labute approximate surface area is 159 Å². The van der Waals surface area contributed by atoms with E-state index < -0.39 is 0 Å². The van der Waals surface area contributed by atoms with Gasteiger partial charge in [0.25, 0.3) is 5.91 Å². The maximum absolute atomic E-state index is 13.4. The van der Waals surface area contributed by atoms with Crippen molar-refractivity contribution in [2.24, 2.45) is 4.99 Å². The van der Waals surface area contributed by atoms with Crippen molar-refractivity contribution < 1.29 is 4.79 Å². The van der Waals surface area contributed by atoms with Crippen LogP contribution in [0.2, 0.25) is 0 Å². The largest absolute Gasteiger partial charge is 0.335 e. The van der Waals surface area contributed by atoms with Gasteiger partial charge in [0.05, 0.1) is 17.3 Å². The lowest BCUT2D eigenvalue weighted by Gasteiger charge is -2.38. The fourth-order valence-electron chi connectivity index (χ4n) is 5.05. The van der Waals surface area contributed by atoms with Crippen molar-refractivity contribution >= 4 is 17.8 Å². The number of aliphatic imine (C=N–C) groups is 1. The Kier molecular flexibility index (Phi) is 3.65. The first-order chi connectivity index (χ1) is 13.2. The van der Waals surface area contributed by atoms with E-state index in [0.717, 1.165) is 49.0 Å². The lowest BCUT2D eigenvalue weighted by atomic mass is 9.87. The van der Waals surface area contributed by atoms with Crippen LogP contribution < -0.4 is 0 Å². The maximum atomic E-state index is 13.4. The van der Waals surface area contributed by atoms with Gasteiger partial charge in [-0.1, -0.05) is 6.07 Å². The van der Waals surface area contributed by atoms with Crippen molar-refractivity contribution in [3.63, 3.8) is 0 Å². The number of carbonyl (C=O) groups is 1. The van der Waals surface area contributed by atoms with E-state index in [1.54, 1.807) is 0 Å². The number of hydrogen-bond acceptors (Lipinski definition) is 3. The van der Waals surface area contributed by atoms with Crippen molar-refractivity contribution in [2.75, 3.05) is 6.54 Å². The molecular weight excluding hydrogens is 334 g/mol. The molecule has 1 saturated heterocycles. The Morgan fingerprint density at radius 2 is 2.19 bits per heavy atom. The molecule has 5 rings (SSSR count). The normalized spacial score (nSPS) is 22.1. The van der Waals surface area contributed by atoms with Gasteiger partial charge >= 0.3 is 0 Å². The zero-order chi connectivity index (χ0) is 18.5. The summed E-state index contributed by atoms with van der Waals surface area (Å²) >= 11 is 0. The van der Waals surface area contributed by atoms with Crippen molar-refractivity contribution in [1.82, 2.24) is 4.90 Å². The first-order valence-electron chi connectivity index (χ1n) is 9.65. The number of amides is 1. The van der Waals surface area contributed by atoms with Gasteiger partial charge < -0.3 is 4.90 Å². The second-order valence-electron chi connectivity index (χ2n) is 7.85. The van der Waals surface area contributed by atoms with Gasteiger partial charge in [-0.15, -0.1) is 0 Å². The van der Waals surface area contributed by atoms with Gasteiger partial charge in [0, 0.05) is 36.7 Å². The molecule has 0 radical (unpaired) electrons. The Morgan fingerprint density at radius 1 is 1.30 bits per heavy atom. The van der Waals surface area contributed by atoms with Crippen LogP contribution in [0.3, 0.4) is 0 Å². The fraction of sp³-hybridized carbons (Fsp3) is 0.348. The SMILES string of the molecule is Cc1cc(C(=O)N2CCC[C@@H]3c4cc(C#N)ccc4C[C@@H]32)cc2c1CC=N2. The Balaban J connectivity index is 1.48. The van der Waals surface area contributed by atoms with Gasteiger partial charge in [-0.25, -0.2) is 0 Å². The van der Waals surface area contributed by atoms with E-state index in [0.29, 0.717) is 11.5 Å². The molecule has 134 valence electrons. The third-order valence-electron chi connectivity index (χ3n) is 6.37. The Morgan fingerprint density at radius 3 is 3.04 bits per heavy atom. The number of likely N-dealkylation sites (tertiary alicyclic amines) is 1. The Bertz CT molecular complexity index is 1030. The zero-order valence-corrected chi connectivity index (χ0v) is 15.4. The topological polar surface area (TPSA) is 56.5 Å². The van der Waals surface area contributed by atoms with Crippen LogP contribution in [0.5, 0.6) is 0 Å². The average Bonchev–Trinajstić information content (AvgIpc) is 3.31.